The summed E-state index contributed by atoms with van der Waals surface area (Å²) < 4.78 is 29.8. The van der Waals surface area contributed by atoms with E-state index in [-0.39, 0.29) is 12.6 Å². The molecule has 0 bridgehead atoms. The molecule has 0 radical (unpaired) electrons. The number of rotatable bonds is 7. The van der Waals surface area contributed by atoms with Crippen LogP contribution in [0.25, 0.3) is 0 Å². The standard InChI is InChI=1S/C16H19NO4S2/c1-12-5-3-4-6-13(12)11-21-16(18)15-8-7-14(22-15)9-10-17-23(2,19)20/h3-8,17H,9-11H2,1-2H3. The first kappa shape index (κ1) is 17.7. The topological polar surface area (TPSA) is 72.5 Å². The quantitative estimate of drug-likeness (QED) is 0.776. The summed E-state index contributed by atoms with van der Waals surface area (Å²) in [6.45, 7) is 2.53. The lowest BCUT2D eigenvalue weighted by Gasteiger charge is -2.06. The number of ether oxygens (including phenoxy) is 1. The molecule has 1 aromatic carbocycles. The molecule has 1 heterocycles. The van der Waals surface area contributed by atoms with Crippen LogP contribution < -0.4 is 4.72 Å². The molecule has 23 heavy (non-hydrogen) atoms. The Morgan fingerprint density at radius 3 is 2.65 bits per heavy atom. The number of carbonyl (C=O) groups excluding carboxylic acids is 1. The van der Waals surface area contributed by atoms with Crippen LogP contribution in [0.2, 0.25) is 0 Å². The second-order valence-electron chi connectivity index (χ2n) is 5.19. The van der Waals surface area contributed by atoms with Crippen molar-refractivity contribution in [2.45, 2.75) is 20.0 Å². The van der Waals surface area contributed by atoms with Crippen LogP contribution in [0.4, 0.5) is 0 Å². The highest BCUT2D eigenvalue weighted by molar-refractivity contribution is 7.88. The van der Waals surface area contributed by atoms with Crippen molar-refractivity contribution in [1.29, 1.82) is 0 Å². The summed E-state index contributed by atoms with van der Waals surface area (Å²) in [5.74, 6) is -0.361. The highest BCUT2D eigenvalue weighted by atomic mass is 32.2. The number of benzene rings is 1. The minimum absolute atomic E-state index is 0.244. The summed E-state index contributed by atoms with van der Waals surface area (Å²) in [6, 6.07) is 11.3. The monoisotopic (exact) mass is 353 g/mol. The van der Waals surface area contributed by atoms with Crippen molar-refractivity contribution in [2.75, 3.05) is 12.8 Å². The lowest BCUT2D eigenvalue weighted by atomic mass is 10.1. The Kier molecular flexibility index (Phi) is 5.92. The Labute approximate surface area is 140 Å². The van der Waals surface area contributed by atoms with E-state index in [1.165, 1.54) is 11.3 Å². The van der Waals surface area contributed by atoms with Crippen LogP contribution in [0, 0.1) is 6.92 Å². The van der Waals surface area contributed by atoms with Crippen molar-refractivity contribution in [1.82, 2.24) is 4.72 Å². The average molecular weight is 353 g/mol. The summed E-state index contributed by atoms with van der Waals surface area (Å²) >= 11 is 1.32. The number of aryl methyl sites for hydroxylation is 1. The van der Waals surface area contributed by atoms with Crippen molar-refractivity contribution in [3.05, 3.63) is 57.3 Å². The van der Waals surface area contributed by atoms with Crippen molar-refractivity contribution >= 4 is 27.3 Å². The molecule has 7 heteroatoms. The zero-order valence-electron chi connectivity index (χ0n) is 13.0. The summed E-state index contributed by atoms with van der Waals surface area (Å²) in [5.41, 5.74) is 2.06. The maximum Gasteiger partial charge on any atom is 0.348 e. The molecule has 2 aromatic rings. The number of hydrogen-bond acceptors (Lipinski definition) is 5. The number of sulfonamides is 1. The van der Waals surface area contributed by atoms with E-state index in [1.54, 1.807) is 6.07 Å². The third kappa shape index (κ3) is 5.78. The second kappa shape index (κ2) is 7.72. The number of carbonyl (C=O) groups is 1. The predicted molar refractivity (Wildman–Crippen MR) is 91.2 cm³/mol. The van der Waals surface area contributed by atoms with E-state index in [4.69, 9.17) is 4.74 Å². The Morgan fingerprint density at radius 2 is 1.96 bits per heavy atom. The number of nitrogens with one attached hydrogen (secondary N) is 1. The molecule has 124 valence electrons. The highest BCUT2D eigenvalue weighted by Gasteiger charge is 2.12. The van der Waals surface area contributed by atoms with Crippen LogP contribution in [0.15, 0.2) is 36.4 Å². The van der Waals surface area contributed by atoms with E-state index in [2.05, 4.69) is 4.72 Å². The van der Waals surface area contributed by atoms with Gasteiger partial charge in [-0.3, -0.25) is 0 Å². The fraction of sp³-hybridized carbons (Fsp3) is 0.312. The molecule has 1 N–H and O–H groups in total. The van der Waals surface area contributed by atoms with Crippen LogP contribution in [-0.4, -0.2) is 27.2 Å². The van der Waals surface area contributed by atoms with E-state index < -0.39 is 10.0 Å². The molecule has 0 saturated heterocycles. The van der Waals surface area contributed by atoms with E-state index in [9.17, 15) is 13.2 Å². The normalized spacial score (nSPS) is 11.4. The lowest BCUT2D eigenvalue weighted by Crippen LogP contribution is -2.23. The van der Waals surface area contributed by atoms with E-state index in [0.29, 0.717) is 17.8 Å². The van der Waals surface area contributed by atoms with Crippen LogP contribution in [0.5, 0.6) is 0 Å². The molecule has 0 atom stereocenters. The smallest absolute Gasteiger partial charge is 0.348 e. The summed E-state index contributed by atoms with van der Waals surface area (Å²) in [4.78, 5) is 13.5. The third-order valence-electron chi connectivity index (χ3n) is 3.22. The van der Waals surface area contributed by atoms with Crippen LogP contribution >= 0.6 is 11.3 Å². The van der Waals surface area contributed by atoms with Gasteiger partial charge in [-0.05, 0) is 36.6 Å². The van der Waals surface area contributed by atoms with Gasteiger partial charge in [-0.25, -0.2) is 17.9 Å². The highest BCUT2D eigenvalue weighted by Crippen LogP contribution is 2.19. The zero-order chi connectivity index (χ0) is 16.9. The number of hydrogen-bond donors (Lipinski definition) is 1. The fourth-order valence-corrected chi connectivity index (χ4v) is 3.34. The molecule has 5 nitrogen and oxygen atoms in total. The molecule has 0 saturated carbocycles. The third-order valence-corrected chi connectivity index (χ3v) is 5.07. The van der Waals surface area contributed by atoms with Crippen molar-refractivity contribution < 1.29 is 17.9 Å². The van der Waals surface area contributed by atoms with E-state index >= 15 is 0 Å². The van der Waals surface area contributed by atoms with E-state index in [0.717, 1.165) is 22.3 Å². The first-order valence-corrected chi connectivity index (χ1v) is 9.81. The molecule has 2 rings (SSSR count). The van der Waals surface area contributed by atoms with Gasteiger partial charge in [0.15, 0.2) is 0 Å². The minimum Gasteiger partial charge on any atom is -0.457 e. The van der Waals surface area contributed by atoms with Gasteiger partial charge < -0.3 is 4.74 Å². The predicted octanol–water partition coefficient (Wildman–Crippen LogP) is 2.51. The molecule has 0 unspecified atom stereocenters. The number of thiophene rings is 1. The SMILES string of the molecule is Cc1ccccc1COC(=O)c1ccc(CCNS(C)(=O)=O)s1. The minimum atomic E-state index is -3.18. The fourth-order valence-electron chi connectivity index (χ4n) is 1.97. The second-order valence-corrected chi connectivity index (χ2v) is 8.19. The Bertz CT molecular complexity index is 781. The van der Waals surface area contributed by atoms with Gasteiger partial charge in [-0.2, -0.15) is 0 Å². The molecule has 0 aliphatic rings. The molecular weight excluding hydrogens is 334 g/mol. The van der Waals surface area contributed by atoms with Crippen LogP contribution in [0.3, 0.4) is 0 Å². The van der Waals surface area contributed by atoms with Crippen molar-refractivity contribution in [3.8, 4) is 0 Å². The van der Waals surface area contributed by atoms with Gasteiger partial charge in [0.25, 0.3) is 0 Å². The molecule has 0 fully saturated rings. The summed E-state index contributed by atoms with van der Waals surface area (Å²) in [7, 11) is -3.18. The first-order chi connectivity index (χ1) is 10.8. The summed E-state index contributed by atoms with van der Waals surface area (Å²) in [5, 5.41) is 0. The van der Waals surface area contributed by atoms with Gasteiger partial charge in [-0.1, -0.05) is 24.3 Å². The zero-order valence-corrected chi connectivity index (χ0v) is 14.7. The van der Waals surface area contributed by atoms with Gasteiger partial charge in [0.2, 0.25) is 10.0 Å². The van der Waals surface area contributed by atoms with Gasteiger partial charge in [0.05, 0.1) is 6.26 Å². The van der Waals surface area contributed by atoms with Gasteiger partial charge in [0.1, 0.15) is 11.5 Å². The average Bonchev–Trinajstić information content (AvgIpc) is 2.94. The maximum absolute atomic E-state index is 12.1. The van der Waals surface area contributed by atoms with Crippen molar-refractivity contribution in [3.63, 3.8) is 0 Å². The Hall–Kier alpha value is -1.70. The molecule has 0 aliphatic carbocycles. The lowest BCUT2D eigenvalue weighted by molar-refractivity contribution is 0.0478. The molecule has 0 spiro atoms. The number of esters is 1. The molecule has 0 amide bonds. The van der Waals surface area contributed by atoms with Crippen LogP contribution in [0.1, 0.15) is 25.7 Å². The van der Waals surface area contributed by atoms with E-state index in [1.807, 2.05) is 37.3 Å². The molecule has 1 aromatic heterocycles. The van der Waals surface area contributed by atoms with Gasteiger partial charge >= 0.3 is 5.97 Å². The molecular formula is C16H19NO4S2. The van der Waals surface area contributed by atoms with Gasteiger partial charge in [-0.15, -0.1) is 11.3 Å². The molecule has 0 aliphatic heterocycles. The van der Waals surface area contributed by atoms with Crippen LogP contribution in [-0.2, 0) is 27.8 Å². The van der Waals surface area contributed by atoms with Crippen molar-refractivity contribution in [2.24, 2.45) is 0 Å². The first-order valence-electron chi connectivity index (χ1n) is 7.10. The Morgan fingerprint density at radius 1 is 1.22 bits per heavy atom. The summed E-state index contributed by atoms with van der Waals surface area (Å²) in [6.07, 6.45) is 1.67. The maximum atomic E-state index is 12.1. The largest absolute Gasteiger partial charge is 0.457 e. The Balaban J connectivity index is 1.87. The van der Waals surface area contributed by atoms with Gasteiger partial charge in [0, 0.05) is 11.4 Å².